The SMILES string of the molecule is Cc1c(Cl)nc(C2CC2)nc1Nc1c(Cl)cc(F)cc1Br. The molecule has 1 fully saturated rings. The fourth-order valence-corrected chi connectivity index (χ4v) is 3.01. The fourth-order valence-electron chi connectivity index (χ4n) is 1.93. The number of rotatable bonds is 3. The first-order valence-electron chi connectivity index (χ1n) is 6.41. The molecule has 3 rings (SSSR count). The number of nitrogens with zero attached hydrogens (tertiary/aromatic N) is 2. The molecule has 2 aromatic rings. The first-order valence-corrected chi connectivity index (χ1v) is 7.96. The largest absolute Gasteiger partial charge is 0.338 e. The quantitative estimate of drug-likeness (QED) is 0.691. The van der Waals surface area contributed by atoms with Crippen molar-refractivity contribution in [2.45, 2.75) is 25.7 Å². The van der Waals surface area contributed by atoms with Gasteiger partial charge >= 0.3 is 0 Å². The predicted molar refractivity (Wildman–Crippen MR) is 86.1 cm³/mol. The molecular formula is C14H11BrCl2FN3. The molecule has 1 heterocycles. The minimum absolute atomic E-state index is 0.268. The van der Waals surface area contributed by atoms with Crippen molar-refractivity contribution < 1.29 is 4.39 Å². The third kappa shape index (κ3) is 3.15. The lowest BCUT2D eigenvalue weighted by molar-refractivity contribution is 0.627. The molecule has 0 radical (unpaired) electrons. The zero-order valence-electron chi connectivity index (χ0n) is 11.1. The fraction of sp³-hybridized carbons (Fsp3) is 0.286. The van der Waals surface area contributed by atoms with Crippen molar-refractivity contribution in [1.29, 1.82) is 0 Å². The van der Waals surface area contributed by atoms with Gasteiger partial charge in [0.2, 0.25) is 0 Å². The van der Waals surface area contributed by atoms with Gasteiger partial charge in [0.05, 0.1) is 10.7 Å². The second kappa shape index (κ2) is 5.71. The van der Waals surface area contributed by atoms with Crippen molar-refractivity contribution in [3.8, 4) is 0 Å². The average Bonchev–Trinajstić information content (AvgIpc) is 3.22. The average molecular weight is 391 g/mol. The van der Waals surface area contributed by atoms with E-state index in [-0.39, 0.29) is 5.02 Å². The maximum atomic E-state index is 13.3. The molecule has 7 heteroatoms. The highest BCUT2D eigenvalue weighted by Gasteiger charge is 2.28. The van der Waals surface area contributed by atoms with Gasteiger partial charge in [-0.2, -0.15) is 0 Å². The Morgan fingerprint density at radius 2 is 2.00 bits per heavy atom. The van der Waals surface area contributed by atoms with Crippen LogP contribution in [0.3, 0.4) is 0 Å². The van der Waals surface area contributed by atoms with Gasteiger partial charge in [-0.25, -0.2) is 14.4 Å². The highest BCUT2D eigenvalue weighted by molar-refractivity contribution is 9.10. The Kier molecular flexibility index (Phi) is 4.08. The molecule has 0 aliphatic heterocycles. The smallest absolute Gasteiger partial charge is 0.138 e. The first-order chi connectivity index (χ1) is 9.95. The van der Waals surface area contributed by atoms with Gasteiger partial charge in [0.25, 0.3) is 0 Å². The molecule has 1 aromatic carbocycles. The summed E-state index contributed by atoms with van der Waals surface area (Å²) in [5.41, 5.74) is 1.28. The Morgan fingerprint density at radius 1 is 1.29 bits per heavy atom. The normalized spacial score (nSPS) is 14.3. The minimum atomic E-state index is -0.409. The van der Waals surface area contributed by atoms with Gasteiger partial charge < -0.3 is 5.32 Å². The van der Waals surface area contributed by atoms with E-state index in [1.165, 1.54) is 12.1 Å². The number of hydrogen-bond acceptors (Lipinski definition) is 3. The van der Waals surface area contributed by atoms with Crippen molar-refractivity contribution >= 4 is 50.6 Å². The molecule has 0 atom stereocenters. The minimum Gasteiger partial charge on any atom is -0.338 e. The van der Waals surface area contributed by atoms with Crippen LogP contribution in [-0.4, -0.2) is 9.97 Å². The third-order valence-corrected chi connectivity index (χ3v) is 4.59. The lowest BCUT2D eigenvalue weighted by Crippen LogP contribution is -2.04. The number of halogens is 4. The van der Waals surface area contributed by atoms with Gasteiger partial charge in [0.1, 0.15) is 22.6 Å². The highest BCUT2D eigenvalue weighted by Crippen LogP contribution is 2.40. The molecule has 0 spiro atoms. The van der Waals surface area contributed by atoms with Crippen LogP contribution in [-0.2, 0) is 0 Å². The molecular weight excluding hydrogens is 380 g/mol. The molecule has 21 heavy (non-hydrogen) atoms. The van der Waals surface area contributed by atoms with Crippen LogP contribution in [0.2, 0.25) is 10.2 Å². The van der Waals surface area contributed by atoms with Gasteiger partial charge in [-0.15, -0.1) is 0 Å². The van der Waals surface area contributed by atoms with E-state index >= 15 is 0 Å². The van der Waals surface area contributed by atoms with Crippen molar-refractivity contribution in [3.05, 3.63) is 44.0 Å². The van der Waals surface area contributed by atoms with E-state index in [1.54, 1.807) is 0 Å². The molecule has 1 N–H and O–H groups in total. The Labute approximate surface area is 140 Å². The Morgan fingerprint density at radius 3 is 2.62 bits per heavy atom. The Hall–Kier alpha value is -0.910. The maximum Gasteiger partial charge on any atom is 0.138 e. The van der Waals surface area contributed by atoms with Crippen molar-refractivity contribution in [3.63, 3.8) is 0 Å². The Bertz CT molecular complexity index is 697. The highest BCUT2D eigenvalue weighted by atomic mass is 79.9. The zero-order chi connectivity index (χ0) is 15.1. The van der Waals surface area contributed by atoms with Crippen LogP contribution in [0.4, 0.5) is 15.9 Å². The predicted octanol–water partition coefficient (Wildman–Crippen LogP) is 5.61. The molecule has 0 saturated heterocycles. The van der Waals surface area contributed by atoms with Gasteiger partial charge in [0, 0.05) is 16.0 Å². The number of aromatic nitrogens is 2. The van der Waals surface area contributed by atoms with Crippen molar-refractivity contribution in [2.24, 2.45) is 0 Å². The topological polar surface area (TPSA) is 37.8 Å². The summed E-state index contributed by atoms with van der Waals surface area (Å²) in [4.78, 5) is 8.82. The summed E-state index contributed by atoms with van der Waals surface area (Å²) in [6, 6.07) is 2.59. The molecule has 1 aromatic heterocycles. The number of hydrogen-bond donors (Lipinski definition) is 1. The molecule has 1 saturated carbocycles. The van der Waals surface area contributed by atoms with Gasteiger partial charge in [-0.3, -0.25) is 0 Å². The molecule has 110 valence electrons. The van der Waals surface area contributed by atoms with Crippen molar-refractivity contribution in [1.82, 2.24) is 9.97 Å². The van der Waals surface area contributed by atoms with E-state index < -0.39 is 5.82 Å². The van der Waals surface area contributed by atoms with E-state index in [1.807, 2.05) is 6.92 Å². The zero-order valence-corrected chi connectivity index (χ0v) is 14.2. The molecule has 3 nitrogen and oxygen atoms in total. The Balaban J connectivity index is 2.02. The number of nitrogens with one attached hydrogen (secondary N) is 1. The van der Waals surface area contributed by atoms with Gasteiger partial charge in [-0.1, -0.05) is 23.2 Å². The summed E-state index contributed by atoms with van der Waals surface area (Å²) in [7, 11) is 0. The molecule has 0 amide bonds. The standard InChI is InChI=1S/C14H11BrCl2FN3/c1-6-12(17)20-14(7-2-3-7)21-13(6)19-11-9(15)4-8(18)5-10(11)16/h4-5,7H,2-3H2,1H3,(H,19,20,21). The third-order valence-electron chi connectivity index (χ3n) is 3.30. The van der Waals surface area contributed by atoms with E-state index in [0.29, 0.717) is 27.0 Å². The summed E-state index contributed by atoms with van der Waals surface area (Å²) >= 11 is 15.5. The molecule has 0 unspecified atom stereocenters. The monoisotopic (exact) mass is 389 g/mol. The van der Waals surface area contributed by atoms with Crippen LogP contribution in [0.5, 0.6) is 0 Å². The number of anilines is 2. The van der Waals surface area contributed by atoms with Crippen LogP contribution >= 0.6 is 39.1 Å². The first kappa shape index (κ1) is 15.0. The van der Waals surface area contributed by atoms with Gasteiger partial charge in [0.15, 0.2) is 0 Å². The van der Waals surface area contributed by atoms with Gasteiger partial charge in [-0.05, 0) is 47.8 Å². The summed E-state index contributed by atoms with van der Waals surface area (Å²) in [6.45, 7) is 1.83. The lowest BCUT2D eigenvalue weighted by Gasteiger charge is -2.14. The number of benzene rings is 1. The summed E-state index contributed by atoms with van der Waals surface area (Å²) in [5, 5.41) is 3.81. The molecule has 0 bridgehead atoms. The molecule has 1 aliphatic carbocycles. The lowest BCUT2D eigenvalue weighted by atomic mass is 10.2. The van der Waals surface area contributed by atoms with E-state index in [0.717, 1.165) is 24.2 Å². The van der Waals surface area contributed by atoms with Crippen LogP contribution in [0.1, 0.15) is 30.1 Å². The van der Waals surface area contributed by atoms with E-state index in [4.69, 9.17) is 23.2 Å². The van der Waals surface area contributed by atoms with E-state index in [2.05, 4.69) is 31.2 Å². The van der Waals surface area contributed by atoms with Crippen LogP contribution in [0.15, 0.2) is 16.6 Å². The van der Waals surface area contributed by atoms with Crippen molar-refractivity contribution in [2.75, 3.05) is 5.32 Å². The van der Waals surface area contributed by atoms with Crippen LogP contribution < -0.4 is 5.32 Å². The second-order valence-corrected chi connectivity index (χ2v) is 6.61. The van der Waals surface area contributed by atoms with Crippen LogP contribution in [0, 0.1) is 12.7 Å². The summed E-state index contributed by atoms with van der Waals surface area (Å²) in [5.74, 6) is 1.30. The second-order valence-electron chi connectivity index (χ2n) is 4.99. The van der Waals surface area contributed by atoms with Crippen LogP contribution in [0.25, 0.3) is 0 Å². The summed E-state index contributed by atoms with van der Waals surface area (Å²) in [6.07, 6.45) is 2.17. The van der Waals surface area contributed by atoms with E-state index in [9.17, 15) is 4.39 Å². The summed E-state index contributed by atoms with van der Waals surface area (Å²) < 4.78 is 13.8. The maximum absolute atomic E-state index is 13.3. The molecule has 1 aliphatic rings.